The van der Waals surface area contributed by atoms with Crippen LogP contribution < -0.4 is 39.1 Å². The number of fused-ring (bicyclic) bond motifs is 2. The number of nitrogens with zero attached hydrogens (tertiary/aromatic N) is 2. The van der Waals surface area contributed by atoms with E-state index in [2.05, 4.69) is 10.6 Å². The first-order chi connectivity index (χ1) is 37.8. The molecule has 0 bridgehead atoms. The van der Waals surface area contributed by atoms with E-state index in [9.17, 15) is 19.2 Å². The number of ether oxygens (including phenoxy) is 6. The lowest BCUT2D eigenvalue weighted by Gasteiger charge is -2.31. The zero-order valence-corrected chi connectivity index (χ0v) is 45.8. The third kappa shape index (κ3) is 14.9. The number of amides is 4. The van der Waals surface area contributed by atoms with E-state index >= 15 is 0 Å². The molecule has 0 aromatic heterocycles. The van der Waals surface area contributed by atoms with Gasteiger partial charge in [0, 0.05) is 63.0 Å². The molecule has 6 atom stereocenters. The molecule has 0 saturated carbocycles. The first-order valence-electron chi connectivity index (χ1n) is 26.3. The Labute approximate surface area is 458 Å². The van der Waals surface area contributed by atoms with Crippen LogP contribution in [0.5, 0.6) is 34.5 Å². The van der Waals surface area contributed by atoms with Crippen LogP contribution in [0.25, 0.3) is 0 Å². The molecule has 8 rings (SSSR count). The minimum Gasteiger partial charge on any atom is -0.497 e. The number of benzene rings is 6. The fourth-order valence-electron chi connectivity index (χ4n) is 9.49. The molecule has 2 aliphatic heterocycles. The third-order valence-electron chi connectivity index (χ3n) is 13.9. The Morgan fingerprint density at radius 1 is 0.462 bits per heavy atom. The van der Waals surface area contributed by atoms with Crippen LogP contribution in [-0.4, -0.2) is 100 Å². The number of para-hydroxylation sites is 2. The average molecular weight is 1060 g/mol. The quantitative estimate of drug-likeness (QED) is 0.127. The van der Waals surface area contributed by atoms with Crippen molar-refractivity contribution >= 4 is 23.6 Å². The lowest BCUT2D eigenvalue weighted by Crippen LogP contribution is -2.49. The number of hydrogen-bond acceptors (Lipinski definition) is 10. The largest absolute Gasteiger partial charge is 0.497 e. The van der Waals surface area contributed by atoms with Gasteiger partial charge in [0.25, 0.3) is 11.8 Å². The highest BCUT2D eigenvalue weighted by atomic mass is 16.5. The second-order valence-corrected chi connectivity index (χ2v) is 19.3. The number of rotatable bonds is 10. The van der Waals surface area contributed by atoms with Crippen LogP contribution in [0.2, 0.25) is 0 Å². The van der Waals surface area contributed by atoms with E-state index in [0.717, 1.165) is 22.3 Å². The summed E-state index contributed by atoms with van der Waals surface area (Å²) in [5.74, 6) is 2.50. The van der Waals surface area contributed by atoms with Crippen LogP contribution in [0.4, 0.5) is 0 Å². The summed E-state index contributed by atoms with van der Waals surface area (Å²) >= 11 is 0. The Bertz CT molecular complexity index is 2820. The summed E-state index contributed by atoms with van der Waals surface area (Å²) in [6.45, 7) is 3.95. The van der Waals surface area contributed by atoms with Gasteiger partial charge in [0.1, 0.15) is 46.6 Å². The zero-order valence-electron chi connectivity index (χ0n) is 45.8. The first-order valence-corrected chi connectivity index (χ1v) is 26.3. The second kappa shape index (κ2) is 28.0. The van der Waals surface area contributed by atoms with Crippen molar-refractivity contribution in [1.82, 2.24) is 20.4 Å². The molecular formula is C64H72N4O10. The summed E-state index contributed by atoms with van der Waals surface area (Å²) in [4.78, 5) is 58.6. The van der Waals surface area contributed by atoms with E-state index in [1.165, 1.54) is 9.80 Å². The fraction of sp³-hybridized carbons (Fsp3) is 0.312. The highest BCUT2D eigenvalue weighted by Gasteiger charge is 2.34. The Kier molecular flexibility index (Phi) is 20.5. The molecular weight excluding hydrogens is 985 g/mol. The molecule has 14 nitrogen and oxygen atoms in total. The molecule has 2 N–H and O–H groups in total. The van der Waals surface area contributed by atoms with Gasteiger partial charge in [-0.25, -0.2) is 0 Å². The molecule has 0 fully saturated rings. The van der Waals surface area contributed by atoms with Gasteiger partial charge in [-0.2, -0.15) is 0 Å². The Balaban J connectivity index is 0.000000226. The van der Waals surface area contributed by atoms with Crippen LogP contribution >= 0.6 is 0 Å². The molecule has 0 saturated heterocycles. The standard InChI is InChI=1S/2C32H36N2O5/c2*1-22-12-8-10-16-27(25-19-18-24(37-3)21-30(25)38-4)33-31(35)28(20-23-13-6-5-7-14-23)34(2)32(36)26-15-9-11-17-29(26)39-22/h2*5-11,13-15,17-19,21-22,27-28H,12,16,20H2,1-4H3,(H,33,35)/b10-8+;10-8-/t2*22-,27-,28-/m11/s1. The molecule has 0 spiro atoms. The highest BCUT2D eigenvalue weighted by molar-refractivity contribution is 6.00. The maximum Gasteiger partial charge on any atom is 0.258 e. The van der Waals surface area contributed by atoms with Crippen molar-refractivity contribution in [1.29, 1.82) is 0 Å². The van der Waals surface area contributed by atoms with Crippen LogP contribution in [0, 0.1) is 0 Å². The molecule has 0 unspecified atom stereocenters. The van der Waals surface area contributed by atoms with Crippen LogP contribution in [0.15, 0.2) is 170 Å². The predicted octanol–water partition coefficient (Wildman–Crippen LogP) is 10.7. The van der Waals surface area contributed by atoms with E-state index in [4.69, 9.17) is 28.4 Å². The fourth-order valence-corrected chi connectivity index (χ4v) is 9.49. The maximum absolute atomic E-state index is 14.0. The van der Waals surface area contributed by atoms with Crippen molar-refractivity contribution in [3.05, 3.63) is 203 Å². The Morgan fingerprint density at radius 3 is 1.19 bits per heavy atom. The number of methoxy groups -OCH3 is 4. The molecule has 2 heterocycles. The van der Waals surface area contributed by atoms with Gasteiger partial charge in [-0.15, -0.1) is 0 Å². The van der Waals surface area contributed by atoms with Gasteiger partial charge in [0.15, 0.2) is 0 Å². The van der Waals surface area contributed by atoms with E-state index in [-0.39, 0.29) is 47.9 Å². The smallest absolute Gasteiger partial charge is 0.258 e. The Hall–Kier alpha value is -8.52. The molecule has 0 aliphatic carbocycles. The molecule has 78 heavy (non-hydrogen) atoms. The first kappa shape index (κ1) is 57.2. The van der Waals surface area contributed by atoms with Crippen molar-refractivity contribution in [2.24, 2.45) is 0 Å². The minimum atomic E-state index is -0.760. The average Bonchev–Trinajstić information content (AvgIpc) is 3.47. The molecule has 0 radical (unpaired) electrons. The molecule has 4 amide bonds. The predicted molar refractivity (Wildman–Crippen MR) is 303 cm³/mol. The topological polar surface area (TPSA) is 154 Å². The van der Waals surface area contributed by atoms with Crippen molar-refractivity contribution in [3.8, 4) is 34.5 Å². The third-order valence-corrected chi connectivity index (χ3v) is 13.9. The lowest BCUT2D eigenvalue weighted by atomic mass is 9.98. The van der Waals surface area contributed by atoms with Gasteiger partial charge in [-0.1, -0.05) is 109 Å². The van der Waals surface area contributed by atoms with Gasteiger partial charge in [-0.05, 0) is 86.3 Å². The minimum absolute atomic E-state index is 0.146. The van der Waals surface area contributed by atoms with Gasteiger partial charge < -0.3 is 48.9 Å². The molecule has 2 aliphatic rings. The Morgan fingerprint density at radius 2 is 0.821 bits per heavy atom. The van der Waals surface area contributed by atoms with Crippen LogP contribution in [0.3, 0.4) is 0 Å². The van der Waals surface area contributed by atoms with E-state index in [1.54, 1.807) is 91.1 Å². The van der Waals surface area contributed by atoms with E-state index in [0.29, 0.717) is 84.1 Å². The number of carbonyl (C=O) groups excluding carboxylic acids is 4. The zero-order chi connectivity index (χ0) is 55.6. The van der Waals surface area contributed by atoms with Crippen molar-refractivity contribution in [2.45, 2.75) is 88.7 Å². The number of likely N-dealkylation sites (N-methyl/N-ethyl adjacent to an activating group) is 2. The SMILES string of the molecule is COc1ccc([C@H]2C/C=C/C[C@@H](C)Oc3ccccc3C(=O)N(C)[C@H](Cc3ccccc3)C(=O)N2)c(OC)c1.COc1ccc([C@H]2C/C=C\C[C@@H](C)Oc3ccccc3C(=O)N(C)[C@H](Cc3ccccc3)C(=O)N2)c(OC)c1. The molecule has 14 heteroatoms. The number of carbonyl (C=O) groups is 4. The van der Waals surface area contributed by atoms with Gasteiger partial charge in [0.05, 0.1) is 63.9 Å². The highest BCUT2D eigenvalue weighted by Crippen LogP contribution is 2.34. The molecule has 6 aromatic carbocycles. The van der Waals surface area contributed by atoms with Crippen molar-refractivity contribution < 1.29 is 47.6 Å². The number of nitrogens with one attached hydrogen (secondary N) is 2. The monoisotopic (exact) mass is 1060 g/mol. The normalized spacial score (nSPS) is 21.1. The van der Waals surface area contributed by atoms with Gasteiger partial charge in [-0.3, -0.25) is 19.2 Å². The molecule has 6 aromatic rings. The summed E-state index contributed by atoms with van der Waals surface area (Å²) in [6, 6.07) is 42.6. The lowest BCUT2D eigenvalue weighted by molar-refractivity contribution is -0.126. The van der Waals surface area contributed by atoms with Crippen LogP contribution in [0.1, 0.15) is 94.6 Å². The molecule has 408 valence electrons. The summed E-state index contributed by atoms with van der Waals surface area (Å²) in [5, 5.41) is 6.44. The van der Waals surface area contributed by atoms with Gasteiger partial charge in [0.2, 0.25) is 11.8 Å². The van der Waals surface area contributed by atoms with E-state index < -0.39 is 12.1 Å². The number of hydrogen-bond donors (Lipinski definition) is 2. The summed E-state index contributed by atoms with van der Waals surface area (Å²) in [6.07, 6.45) is 11.0. The summed E-state index contributed by atoms with van der Waals surface area (Å²) in [5.41, 5.74) is 4.40. The van der Waals surface area contributed by atoms with Crippen LogP contribution in [-0.2, 0) is 22.4 Å². The summed E-state index contributed by atoms with van der Waals surface area (Å²) < 4.78 is 34.4. The maximum atomic E-state index is 14.0. The van der Waals surface area contributed by atoms with Crippen molar-refractivity contribution in [2.75, 3.05) is 42.5 Å². The van der Waals surface area contributed by atoms with Gasteiger partial charge >= 0.3 is 0 Å². The van der Waals surface area contributed by atoms with Crippen molar-refractivity contribution in [3.63, 3.8) is 0 Å². The summed E-state index contributed by atoms with van der Waals surface area (Å²) in [7, 11) is 9.74. The second-order valence-electron chi connectivity index (χ2n) is 19.3. The van der Waals surface area contributed by atoms with E-state index in [1.807, 2.05) is 135 Å².